The summed E-state index contributed by atoms with van der Waals surface area (Å²) in [6, 6.07) is 10.3. The number of hydrogen-bond acceptors (Lipinski definition) is 4. The molecule has 1 aromatic carbocycles. The Balaban J connectivity index is 0.000000671. The highest BCUT2D eigenvalue weighted by Crippen LogP contribution is 2.33. The molecular weight excluding hydrogens is 347 g/mol. The molecule has 1 fully saturated rings. The van der Waals surface area contributed by atoms with Crippen molar-refractivity contribution in [2.75, 3.05) is 13.1 Å². The minimum Gasteiger partial charge on any atom is -0.333 e. The predicted molar refractivity (Wildman–Crippen MR) is 102 cm³/mol. The predicted octanol–water partition coefficient (Wildman–Crippen LogP) is 5.21. The molecule has 0 spiro atoms. The quantitative estimate of drug-likeness (QED) is 0.386. The first-order chi connectivity index (χ1) is 11.6. The van der Waals surface area contributed by atoms with Gasteiger partial charge in [-0.1, -0.05) is 32.4 Å². The number of aromatic nitrogens is 1. The van der Waals surface area contributed by atoms with E-state index >= 15 is 0 Å². The van der Waals surface area contributed by atoms with Crippen LogP contribution in [0.2, 0.25) is 5.15 Å². The van der Waals surface area contributed by atoms with Crippen LogP contribution in [0.15, 0.2) is 36.4 Å². The summed E-state index contributed by atoms with van der Waals surface area (Å²) in [7, 11) is 0. The lowest BCUT2D eigenvalue weighted by atomic mass is 9.82. The van der Waals surface area contributed by atoms with Crippen molar-refractivity contribution in [3.8, 4) is 11.3 Å². The maximum absolute atomic E-state index is 13.0. The number of halogens is 2. The number of benzene rings is 1. The molecule has 3 rings (SSSR count). The van der Waals surface area contributed by atoms with Gasteiger partial charge in [-0.15, -0.1) is 0 Å². The SMILES string of the molecule is CC.CC1(c2cc(Cl)nc(-c3ccc(F)cc3)c2)CCNC1.OS. The van der Waals surface area contributed by atoms with Crippen molar-refractivity contribution in [3.63, 3.8) is 0 Å². The molecule has 0 bridgehead atoms. The molecule has 0 amide bonds. The number of pyridine rings is 1. The first-order valence-electron chi connectivity index (χ1n) is 7.92. The van der Waals surface area contributed by atoms with Crippen molar-refractivity contribution in [1.82, 2.24) is 10.3 Å². The zero-order valence-corrected chi connectivity index (χ0v) is 15.8. The maximum atomic E-state index is 13.0. The minimum atomic E-state index is -0.247. The van der Waals surface area contributed by atoms with E-state index in [0.29, 0.717) is 5.15 Å². The lowest BCUT2D eigenvalue weighted by molar-refractivity contribution is 0.524. The Morgan fingerprint density at radius 1 is 1.21 bits per heavy atom. The summed E-state index contributed by atoms with van der Waals surface area (Å²) in [6.45, 7) is 8.19. The Morgan fingerprint density at radius 2 is 1.83 bits per heavy atom. The molecule has 0 saturated carbocycles. The van der Waals surface area contributed by atoms with Gasteiger partial charge >= 0.3 is 0 Å². The van der Waals surface area contributed by atoms with E-state index in [9.17, 15) is 4.39 Å². The fourth-order valence-electron chi connectivity index (χ4n) is 2.68. The molecule has 132 valence electrons. The van der Waals surface area contributed by atoms with Gasteiger partial charge in [-0.2, -0.15) is 0 Å². The summed E-state index contributed by atoms with van der Waals surface area (Å²) < 4.78 is 19.7. The Hall–Kier alpha value is -1.14. The largest absolute Gasteiger partial charge is 0.333 e. The van der Waals surface area contributed by atoms with E-state index in [4.69, 9.17) is 16.2 Å². The third-order valence-corrected chi connectivity index (χ3v) is 4.19. The van der Waals surface area contributed by atoms with E-state index < -0.39 is 0 Å². The van der Waals surface area contributed by atoms with Crippen LogP contribution in [0.3, 0.4) is 0 Å². The highest BCUT2D eigenvalue weighted by atomic mass is 35.5. The smallest absolute Gasteiger partial charge is 0.130 e. The van der Waals surface area contributed by atoms with Crippen molar-refractivity contribution in [1.29, 1.82) is 0 Å². The molecule has 1 aliphatic heterocycles. The van der Waals surface area contributed by atoms with Crippen molar-refractivity contribution in [3.05, 3.63) is 52.9 Å². The maximum Gasteiger partial charge on any atom is 0.130 e. The van der Waals surface area contributed by atoms with Gasteiger partial charge in [-0.05, 0) is 67.8 Å². The van der Waals surface area contributed by atoms with Crippen LogP contribution in [0.1, 0.15) is 32.8 Å². The van der Waals surface area contributed by atoms with Crippen LogP contribution in [0.4, 0.5) is 4.39 Å². The van der Waals surface area contributed by atoms with Gasteiger partial charge < -0.3 is 9.87 Å². The van der Waals surface area contributed by atoms with Crippen LogP contribution >= 0.6 is 24.5 Å². The normalized spacial score (nSPS) is 19.0. The molecule has 2 aromatic rings. The van der Waals surface area contributed by atoms with E-state index in [1.165, 1.54) is 17.7 Å². The second-order valence-electron chi connectivity index (χ2n) is 5.56. The fourth-order valence-corrected chi connectivity index (χ4v) is 2.89. The molecule has 0 radical (unpaired) electrons. The Bertz CT molecular complexity index is 631. The summed E-state index contributed by atoms with van der Waals surface area (Å²) in [5.74, 6) is -0.247. The number of rotatable bonds is 2. The molecule has 1 aliphatic rings. The van der Waals surface area contributed by atoms with Crippen molar-refractivity contribution in [2.45, 2.75) is 32.6 Å². The van der Waals surface area contributed by atoms with Crippen molar-refractivity contribution >= 4 is 24.5 Å². The van der Waals surface area contributed by atoms with Crippen molar-refractivity contribution < 1.29 is 8.94 Å². The van der Waals surface area contributed by atoms with Crippen LogP contribution in [-0.4, -0.2) is 22.6 Å². The number of thiol groups is 1. The van der Waals surface area contributed by atoms with Gasteiger partial charge in [0.2, 0.25) is 0 Å². The first-order valence-corrected chi connectivity index (χ1v) is 8.69. The lowest BCUT2D eigenvalue weighted by Gasteiger charge is -2.24. The molecule has 1 saturated heterocycles. The summed E-state index contributed by atoms with van der Waals surface area (Å²) in [4.78, 5) is 4.36. The molecule has 1 atom stereocenters. The second-order valence-corrected chi connectivity index (χ2v) is 5.95. The monoisotopic (exact) mass is 370 g/mol. The van der Waals surface area contributed by atoms with E-state index in [1.54, 1.807) is 12.1 Å². The molecular formula is C18H24ClFN2OS. The van der Waals surface area contributed by atoms with Gasteiger partial charge in [0, 0.05) is 17.5 Å². The second kappa shape index (κ2) is 9.99. The Labute approximate surface area is 153 Å². The van der Waals surface area contributed by atoms with Crippen LogP contribution in [0.5, 0.6) is 0 Å². The van der Waals surface area contributed by atoms with Crippen LogP contribution in [0.25, 0.3) is 11.3 Å². The summed E-state index contributed by atoms with van der Waals surface area (Å²) in [5, 5.41) is 3.87. The van der Waals surface area contributed by atoms with Gasteiger partial charge in [0.05, 0.1) is 5.69 Å². The number of nitrogens with zero attached hydrogens (tertiary/aromatic N) is 1. The third kappa shape index (κ3) is 5.18. The van der Waals surface area contributed by atoms with Gasteiger partial charge in [-0.3, -0.25) is 0 Å². The van der Waals surface area contributed by atoms with E-state index in [0.717, 1.165) is 30.8 Å². The Morgan fingerprint density at radius 3 is 2.38 bits per heavy atom. The van der Waals surface area contributed by atoms with Gasteiger partial charge in [-0.25, -0.2) is 9.37 Å². The average Bonchev–Trinajstić information content (AvgIpc) is 3.07. The van der Waals surface area contributed by atoms with Gasteiger partial charge in [0.25, 0.3) is 0 Å². The molecule has 0 aliphatic carbocycles. The highest BCUT2D eigenvalue weighted by molar-refractivity contribution is 7.74. The molecule has 24 heavy (non-hydrogen) atoms. The first kappa shape index (κ1) is 20.9. The third-order valence-electron chi connectivity index (χ3n) is 4.00. The molecule has 2 N–H and O–H groups in total. The van der Waals surface area contributed by atoms with Gasteiger partial charge in [0.15, 0.2) is 0 Å². The highest BCUT2D eigenvalue weighted by Gasteiger charge is 2.31. The Kier molecular flexibility index (Phi) is 8.70. The molecule has 6 heteroatoms. The molecule has 2 heterocycles. The standard InChI is InChI=1S/C16H16ClFN2.C2H6.H2OS/c1-16(6-7-19-10-16)12-8-14(20-15(17)9-12)11-2-4-13(18)5-3-11;2*1-2/h2-5,8-9,19H,6-7,10H2,1H3;1-2H3;1-2H. The van der Waals surface area contributed by atoms with Crippen LogP contribution < -0.4 is 5.32 Å². The van der Waals surface area contributed by atoms with E-state index in [2.05, 4.69) is 36.2 Å². The fraction of sp³-hybridized carbons (Fsp3) is 0.389. The van der Waals surface area contributed by atoms with Crippen LogP contribution in [0, 0.1) is 5.82 Å². The topological polar surface area (TPSA) is 45.2 Å². The van der Waals surface area contributed by atoms with Gasteiger partial charge in [0.1, 0.15) is 11.0 Å². The van der Waals surface area contributed by atoms with E-state index in [-0.39, 0.29) is 11.2 Å². The molecule has 3 nitrogen and oxygen atoms in total. The number of nitrogens with one attached hydrogen (secondary N) is 1. The minimum absolute atomic E-state index is 0.0847. The summed E-state index contributed by atoms with van der Waals surface area (Å²) in [5.41, 5.74) is 2.94. The molecule has 1 unspecified atom stereocenters. The zero-order valence-electron chi connectivity index (χ0n) is 14.2. The molecule has 1 aromatic heterocycles. The lowest BCUT2D eigenvalue weighted by Crippen LogP contribution is -2.25. The zero-order chi connectivity index (χ0) is 18.2. The summed E-state index contributed by atoms with van der Waals surface area (Å²) in [6.07, 6.45) is 1.08. The average molecular weight is 371 g/mol. The van der Waals surface area contributed by atoms with E-state index in [1.807, 2.05) is 19.9 Å². The van der Waals surface area contributed by atoms with Crippen molar-refractivity contribution in [2.24, 2.45) is 0 Å². The van der Waals surface area contributed by atoms with Crippen LogP contribution in [-0.2, 0) is 5.41 Å². The summed E-state index contributed by atoms with van der Waals surface area (Å²) >= 11 is 8.69. The number of hydrogen-bond donors (Lipinski definition) is 3.